The fourth-order valence-corrected chi connectivity index (χ4v) is 5.35. The molecule has 0 spiro atoms. The van der Waals surface area contributed by atoms with Crippen LogP contribution in [0.2, 0.25) is 5.02 Å². The van der Waals surface area contributed by atoms with Crippen LogP contribution in [0.4, 0.5) is 10.8 Å². The Kier molecular flexibility index (Phi) is 6.68. The summed E-state index contributed by atoms with van der Waals surface area (Å²) in [7, 11) is 0. The summed E-state index contributed by atoms with van der Waals surface area (Å²) in [6, 6.07) is 11.5. The van der Waals surface area contributed by atoms with Crippen molar-refractivity contribution < 1.29 is 14.3 Å². The summed E-state index contributed by atoms with van der Waals surface area (Å²) < 4.78 is 5.58. The van der Waals surface area contributed by atoms with E-state index in [-0.39, 0.29) is 12.5 Å². The number of hydrogen-bond donors (Lipinski definition) is 0. The number of aromatic nitrogens is 2. The number of para-hydroxylation sites is 1. The Morgan fingerprint density at radius 2 is 1.82 bits per heavy atom. The van der Waals surface area contributed by atoms with Crippen LogP contribution in [0.5, 0.6) is 0 Å². The monoisotopic (exact) mass is 493 g/mol. The average molecular weight is 494 g/mol. The Hall–Kier alpha value is -3.29. The van der Waals surface area contributed by atoms with Crippen LogP contribution in [0.1, 0.15) is 45.4 Å². The number of nitrogens with zero attached hydrogens (tertiary/aromatic N) is 3. The Morgan fingerprint density at radius 1 is 1.09 bits per heavy atom. The minimum Gasteiger partial charge on any atom is -0.455 e. The minimum absolute atomic E-state index is 0.0204. The SMILES string of the molecule is CC(=O)N(c1nc(COC(=O)c2c(C)nc3ccccc3c2C)cs1)c1c(C)cc(C)cc1Cl. The number of rotatable bonds is 5. The van der Waals surface area contributed by atoms with Gasteiger partial charge in [0.05, 0.1) is 33.2 Å². The predicted molar refractivity (Wildman–Crippen MR) is 136 cm³/mol. The van der Waals surface area contributed by atoms with Crippen molar-refractivity contribution in [3.8, 4) is 0 Å². The normalized spacial score (nSPS) is 11.0. The fourth-order valence-electron chi connectivity index (χ4n) is 4.09. The average Bonchev–Trinajstić information content (AvgIpc) is 3.22. The molecule has 6 nitrogen and oxygen atoms in total. The summed E-state index contributed by atoms with van der Waals surface area (Å²) >= 11 is 7.77. The van der Waals surface area contributed by atoms with E-state index in [1.165, 1.54) is 23.2 Å². The maximum Gasteiger partial charge on any atom is 0.340 e. The second-order valence-corrected chi connectivity index (χ2v) is 9.42. The first-order valence-electron chi connectivity index (χ1n) is 10.7. The van der Waals surface area contributed by atoms with Gasteiger partial charge in [-0.1, -0.05) is 35.9 Å². The maximum absolute atomic E-state index is 12.9. The van der Waals surface area contributed by atoms with E-state index >= 15 is 0 Å². The molecule has 4 aromatic rings. The highest BCUT2D eigenvalue weighted by Crippen LogP contribution is 2.37. The van der Waals surface area contributed by atoms with Gasteiger partial charge in [-0.25, -0.2) is 9.78 Å². The van der Waals surface area contributed by atoms with Crippen molar-refractivity contribution in [2.75, 3.05) is 4.90 Å². The smallest absolute Gasteiger partial charge is 0.340 e. The number of ether oxygens (including phenoxy) is 1. The number of aryl methyl sites for hydroxylation is 4. The molecule has 4 rings (SSSR count). The van der Waals surface area contributed by atoms with Crippen LogP contribution in [0.3, 0.4) is 0 Å². The summed E-state index contributed by atoms with van der Waals surface area (Å²) in [5, 5.41) is 3.63. The topological polar surface area (TPSA) is 72.4 Å². The number of amides is 1. The Balaban J connectivity index is 1.57. The lowest BCUT2D eigenvalue weighted by molar-refractivity contribution is -0.115. The summed E-state index contributed by atoms with van der Waals surface area (Å²) in [6.07, 6.45) is 0. The van der Waals surface area contributed by atoms with Gasteiger partial charge >= 0.3 is 5.97 Å². The van der Waals surface area contributed by atoms with Gasteiger partial charge in [0.1, 0.15) is 6.61 Å². The molecule has 0 unspecified atom stereocenters. The second kappa shape index (κ2) is 9.52. The van der Waals surface area contributed by atoms with Crippen molar-refractivity contribution in [1.82, 2.24) is 9.97 Å². The molecule has 8 heteroatoms. The lowest BCUT2D eigenvalue weighted by Gasteiger charge is -2.22. The highest BCUT2D eigenvalue weighted by molar-refractivity contribution is 7.14. The Morgan fingerprint density at radius 3 is 2.53 bits per heavy atom. The molecule has 0 N–H and O–H groups in total. The Bertz CT molecular complexity index is 1410. The van der Waals surface area contributed by atoms with Gasteiger partial charge in [-0.3, -0.25) is 14.7 Å². The third kappa shape index (κ3) is 4.54. The van der Waals surface area contributed by atoms with Crippen molar-refractivity contribution in [2.24, 2.45) is 0 Å². The van der Waals surface area contributed by atoms with Gasteiger partial charge in [-0.15, -0.1) is 11.3 Å². The number of benzene rings is 2. The number of pyridine rings is 1. The molecule has 1 amide bonds. The molecule has 0 aliphatic heterocycles. The van der Waals surface area contributed by atoms with Crippen molar-refractivity contribution >= 4 is 56.5 Å². The molecule has 0 saturated heterocycles. The quantitative estimate of drug-likeness (QED) is 0.292. The highest BCUT2D eigenvalue weighted by Gasteiger charge is 2.23. The first-order chi connectivity index (χ1) is 16.2. The largest absolute Gasteiger partial charge is 0.455 e. The molecular weight excluding hydrogens is 470 g/mol. The molecule has 2 heterocycles. The number of halogens is 1. The number of thiazole rings is 1. The zero-order valence-electron chi connectivity index (χ0n) is 19.6. The molecule has 0 saturated carbocycles. The minimum atomic E-state index is -0.455. The van der Waals surface area contributed by atoms with Crippen LogP contribution in [-0.4, -0.2) is 21.8 Å². The fraction of sp³-hybridized carbons (Fsp3) is 0.231. The van der Waals surface area contributed by atoms with Crippen LogP contribution >= 0.6 is 22.9 Å². The van der Waals surface area contributed by atoms with E-state index in [2.05, 4.69) is 9.97 Å². The van der Waals surface area contributed by atoms with E-state index < -0.39 is 5.97 Å². The van der Waals surface area contributed by atoms with Crippen molar-refractivity contribution in [3.63, 3.8) is 0 Å². The van der Waals surface area contributed by atoms with E-state index in [4.69, 9.17) is 16.3 Å². The van der Waals surface area contributed by atoms with Gasteiger partial charge in [-0.05, 0) is 56.5 Å². The molecule has 0 aliphatic rings. The molecule has 34 heavy (non-hydrogen) atoms. The first kappa shape index (κ1) is 23.9. The van der Waals surface area contributed by atoms with E-state index in [9.17, 15) is 9.59 Å². The molecule has 2 aromatic heterocycles. The lowest BCUT2D eigenvalue weighted by atomic mass is 10.0. The number of esters is 1. The summed E-state index contributed by atoms with van der Waals surface area (Å²) in [6.45, 7) is 9.00. The maximum atomic E-state index is 12.9. The predicted octanol–water partition coefficient (Wildman–Crippen LogP) is 6.62. The van der Waals surface area contributed by atoms with Gasteiger partial charge in [0.2, 0.25) is 5.91 Å². The molecule has 0 bridgehead atoms. The summed E-state index contributed by atoms with van der Waals surface area (Å²) in [5.41, 5.74) is 5.78. The van der Waals surface area contributed by atoms with Gasteiger partial charge in [0.25, 0.3) is 0 Å². The zero-order chi connectivity index (χ0) is 24.6. The van der Waals surface area contributed by atoms with Crippen molar-refractivity contribution in [3.05, 3.63) is 80.4 Å². The van der Waals surface area contributed by atoms with E-state index in [0.29, 0.717) is 32.8 Å². The molecular formula is C26H24ClN3O3S. The number of carbonyl (C=O) groups excluding carboxylic acids is 2. The third-order valence-electron chi connectivity index (χ3n) is 5.56. The first-order valence-corrected chi connectivity index (χ1v) is 12.0. The number of fused-ring (bicyclic) bond motifs is 1. The van der Waals surface area contributed by atoms with Gasteiger partial charge in [-0.2, -0.15) is 0 Å². The number of hydrogen-bond acceptors (Lipinski definition) is 6. The molecule has 0 aliphatic carbocycles. The second-order valence-electron chi connectivity index (χ2n) is 8.18. The van der Waals surface area contributed by atoms with Gasteiger partial charge < -0.3 is 4.74 Å². The van der Waals surface area contributed by atoms with Crippen molar-refractivity contribution in [1.29, 1.82) is 0 Å². The van der Waals surface area contributed by atoms with Crippen LogP contribution in [0, 0.1) is 27.7 Å². The molecule has 2 aromatic carbocycles. The van der Waals surface area contributed by atoms with Crippen LogP contribution in [0.15, 0.2) is 41.8 Å². The number of anilines is 2. The summed E-state index contributed by atoms with van der Waals surface area (Å²) in [4.78, 5) is 36.0. The molecule has 0 atom stereocenters. The van der Waals surface area contributed by atoms with Crippen LogP contribution in [-0.2, 0) is 16.1 Å². The van der Waals surface area contributed by atoms with Gasteiger partial charge in [0, 0.05) is 17.7 Å². The van der Waals surface area contributed by atoms with E-state index in [1.54, 1.807) is 12.3 Å². The van der Waals surface area contributed by atoms with E-state index in [0.717, 1.165) is 27.6 Å². The van der Waals surface area contributed by atoms with Gasteiger partial charge in [0.15, 0.2) is 5.13 Å². The molecule has 0 radical (unpaired) electrons. The lowest BCUT2D eigenvalue weighted by Crippen LogP contribution is -2.24. The van der Waals surface area contributed by atoms with Crippen LogP contribution < -0.4 is 4.90 Å². The zero-order valence-corrected chi connectivity index (χ0v) is 21.2. The molecule has 0 fully saturated rings. The van der Waals surface area contributed by atoms with Crippen molar-refractivity contribution in [2.45, 2.75) is 41.2 Å². The Labute approximate surface area is 207 Å². The number of carbonyl (C=O) groups is 2. The molecule has 174 valence electrons. The standard InChI is InChI=1S/C26H24ClN3O3S/c1-14-10-15(2)24(21(27)11-14)30(18(5)31)26-29-19(13-34-26)12-33-25(32)23-16(3)20-8-6-7-9-22(20)28-17(23)4/h6-11,13H,12H2,1-5H3. The summed E-state index contributed by atoms with van der Waals surface area (Å²) in [5.74, 6) is -0.663. The highest BCUT2D eigenvalue weighted by atomic mass is 35.5. The van der Waals surface area contributed by atoms with Crippen LogP contribution in [0.25, 0.3) is 10.9 Å². The van der Waals surface area contributed by atoms with E-state index in [1.807, 2.05) is 57.2 Å². The third-order valence-corrected chi connectivity index (χ3v) is 6.72.